The minimum atomic E-state index is -3.76. The Morgan fingerprint density at radius 2 is 2.15 bits per heavy atom. The summed E-state index contributed by atoms with van der Waals surface area (Å²) in [6.45, 7) is 1.60. The van der Waals surface area contributed by atoms with Crippen LogP contribution in [-0.2, 0) is 16.6 Å². The number of H-pyrrole nitrogens is 1. The van der Waals surface area contributed by atoms with Gasteiger partial charge < -0.3 is 10.7 Å². The number of benzene rings is 1. The van der Waals surface area contributed by atoms with Gasteiger partial charge in [0, 0.05) is 21.8 Å². The van der Waals surface area contributed by atoms with Gasteiger partial charge in [-0.15, -0.1) is 0 Å². The lowest BCUT2D eigenvalue weighted by atomic mass is 10.2. The van der Waals surface area contributed by atoms with Gasteiger partial charge in [0.25, 0.3) is 0 Å². The fraction of sp³-hybridized carbons (Fsp3) is 0.182. The minimum Gasteiger partial charge on any atom is -0.398 e. The van der Waals surface area contributed by atoms with Crippen LogP contribution >= 0.6 is 22.9 Å². The summed E-state index contributed by atoms with van der Waals surface area (Å²) >= 11 is 6.80. The molecule has 0 aliphatic heterocycles. The number of nitrogens with one attached hydrogen (secondary N) is 2. The molecule has 6 nitrogen and oxygen atoms in total. The van der Waals surface area contributed by atoms with Crippen molar-refractivity contribution in [2.24, 2.45) is 0 Å². The topological polar surface area (TPSA) is 105 Å². The van der Waals surface area contributed by atoms with Crippen LogP contribution in [-0.4, -0.2) is 13.4 Å². The smallest absolute Gasteiger partial charge is 0.304 e. The molecule has 20 heavy (non-hydrogen) atoms. The van der Waals surface area contributed by atoms with E-state index in [0.29, 0.717) is 16.9 Å². The highest BCUT2D eigenvalue weighted by Crippen LogP contribution is 2.25. The normalized spacial score (nSPS) is 11.7. The minimum absolute atomic E-state index is 0.00701. The zero-order valence-corrected chi connectivity index (χ0v) is 12.8. The molecule has 0 atom stereocenters. The first-order chi connectivity index (χ1) is 9.29. The lowest BCUT2D eigenvalue weighted by molar-refractivity contribution is 0.580. The third kappa shape index (κ3) is 3.21. The molecule has 0 aliphatic rings. The Hall–Kier alpha value is -1.35. The molecule has 108 valence electrons. The van der Waals surface area contributed by atoms with E-state index in [4.69, 9.17) is 17.3 Å². The lowest BCUT2D eigenvalue weighted by Gasteiger charge is -2.11. The first-order valence-corrected chi connectivity index (χ1v) is 8.25. The molecular weight excluding hydrogens is 322 g/mol. The maximum Gasteiger partial charge on any atom is 0.304 e. The molecule has 2 rings (SSSR count). The molecule has 0 radical (unpaired) electrons. The van der Waals surface area contributed by atoms with Gasteiger partial charge in [0.05, 0.1) is 11.4 Å². The van der Waals surface area contributed by atoms with Gasteiger partial charge in [0.2, 0.25) is 10.0 Å². The molecule has 0 aliphatic carbocycles. The Bertz CT molecular complexity index is 795. The summed E-state index contributed by atoms with van der Waals surface area (Å²) in [7, 11) is -3.76. The fourth-order valence-corrected chi connectivity index (χ4v) is 3.78. The average Bonchev–Trinajstić information content (AvgIpc) is 2.77. The third-order valence-electron chi connectivity index (χ3n) is 2.68. The average molecular weight is 334 g/mol. The van der Waals surface area contributed by atoms with Gasteiger partial charge in [0.1, 0.15) is 0 Å². The summed E-state index contributed by atoms with van der Waals surface area (Å²) in [5.74, 6) is 0. The number of aromatic nitrogens is 1. The molecule has 0 spiro atoms. The summed E-state index contributed by atoms with van der Waals surface area (Å²) in [6, 6.07) is 2.83. The van der Waals surface area contributed by atoms with Crippen molar-refractivity contribution in [3.05, 3.63) is 43.5 Å². The van der Waals surface area contributed by atoms with E-state index in [1.807, 2.05) is 0 Å². The molecule has 0 unspecified atom stereocenters. The fourth-order valence-electron chi connectivity index (χ4n) is 1.60. The zero-order valence-electron chi connectivity index (χ0n) is 10.4. The van der Waals surface area contributed by atoms with Gasteiger partial charge in [-0.2, -0.15) is 0 Å². The molecule has 0 bridgehead atoms. The van der Waals surface area contributed by atoms with Crippen molar-refractivity contribution < 1.29 is 8.42 Å². The van der Waals surface area contributed by atoms with Gasteiger partial charge >= 0.3 is 4.87 Å². The van der Waals surface area contributed by atoms with Gasteiger partial charge in [-0.1, -0.05) is 22.9 Å². The van der Waals surface area contributed by atoms with Crippen LogP contribution in [0.3, 0.4) is 0 Å². The van der Waals surface area contributed by atoms with Crippen LogP contribution in [0, 0.1) is 6.92 Å². The maximum absolute atomic E-state index is 12.2. The molecule has 2 aromatic rings. The van der Waals surface area contributed by atoms with Crippen LogP contribution in [0.15, 0.2) is 27.2 Å². The van der Waals surface area contributed by atoms with Gasteiger partial charge in [0.15, 0.2) is 0 Å². The van der Waals surface area contributed by atoms with Crippen LogP contribution < -0.4 is 15.3 Å². The number of halogens is 1. The quantitative estimate of drug-likeness (QED) is 0.736. The van der Waals surface area contributed by atoms with Gasteiger partial charge in [-0.05, 0) is 24.6 Å². The Balaban J connectivity index is 2.29. The summed E-state index contributed by atoms with van der Waals surface area (Å²) in [5, 5.41) is 1.81. The summed E-state index contributed by atoms with van der Waals surface area (Å²) in [4.78, 5) is 13.3. The van der Waals surface area contributed by atoms with Gasteiger partial charge in [-0.25, -0.2) is 13.1 Å². The number of hydrogen-bond acceptors (Lipinski definition) is 5. The highest BCUT2D eigenvalue weighted by molar-refractivity contribution is 7.89. The predicted molar refractivity (Wildman–Crippen MR) is 79.6 cm³/mol. The van der Waals surface area contributed by atoms with Crippen molar-refractivity contribution in [1.29, 1.82) is 0 Å². The Morgan fingerprint density at radius 1 is 1.45 bits per heavy atom. The van der Waals surface area contributed by atoms with Crippen molar-refractivity contribution in [2.75, 3.05) is 5.73 Å². The molecule has 1 aromatic carbocycles. The zero-order chi connectivity index (χ0) is 14.9. The monoisotopic (exact) mass is 333 g/mol. The van der Waals surface area contributed by atoms with Gasteiger partial charge in [-0.3, -0.25) is 4.79 Å². The van der Waals surface area contributed by atoms with E-state index in [1.165, 1.54) is 12.1 Å². The number of aromatic amines is 1. The number of hydrogen-bond donors (Lipinski definition) is 3. The molecular formula is C11H12ClN3O3S2. The molecule has 1 heterocycles. The summed E-state index contributed by atoms with van der Waals surface area (Å²) in [6.07, 6.45) is 0. The van der Waals surface area contributed by atoms with E-state index >= 15 is 0 Å². The molecule has 0 saturated heterocycles. The van der Waals surface area contributed by atoms with E-state index in [2.05, 4.69) is 9.71 Å². The van der Waals surface area contributed by atoms with E-state index in [9.17, 15) is 13.2 Å². The lowest BCUT2D eigenvalue weighted by Crippen LogP contribution is -2.24. The second-order valence-corrected chi connectivity index (χ2v) is 7.13. The Kier molecular flexibility index (Phi) is 4.19. The molecule has 0 saturated carbocycles. The molecule has 0 amide bonds. The Morgan fingerprint density at radius 3 is 2.75 bits per heavy atom. The van der Waals surface area contributed by atoms with Crippen molar-refractivity contribution in [3.63, 3.8) is 0 Å². The number of nitrogens with two attached hydrogens (primary N) is 1. The van der Waals surface area contributed by atoms with Crippen molar-refractivity contribution in [1.82, 2.24) is 9.71 Å². The first kappa shape index (κ1) is 15.0. The first-order valence-electron chi connectivity index (χ1n) is 5.51. The van der Waals surface area contributed by atoms with E-state index in [0.717, 1.165) is 11.3 Å². The second-order valence-electron chi connectivity index (χ2n) is 4.12. The maximum atomic E-state index is 12.2. The van der Waals surface area contributed by atoms with E-state index in [-0.39, 0.29) is 21.3 Å². The SMILES string of the molecule is Cc1c(N)cc(Cl)cc1S(=O)(=O)NCc1csc(=O)[nH]1. The van der Waals surface area contributed by atoms with Crippen LogP contribution in [0.4, 0.5) is 5.69 Å². The molecule has 1 aromatic heterocycles. The van der Waals surface area contributed by atoms with Crippen LogP contribution in [0.2, 0.25) is 5.02 Å². The molecule has 9 heteroatoms. The largest absolute Gasteiger partial charge is 0.398 e. The number of anilines is 1. The van der Waals surface area contributed by atoms with Crippen molar-refractivity contribution in [3.8, 4) is 0 Å². The predicted octanol–water partition coefficient (Wildman–Crippen LogP) is 1.46. The third-order valence-corrected chi connectivity index (χ3v) is 5.14. The second kappa shape index (κ2) is 5.57. The highest BCUT2D eigenvalue weighted by atomic mass is 35.5. The number of sulfonamides is 1. The summed E-state index contributed by atoms with van der Waals surface area (Å²) < 4.78 is 26.8. The van der Waals surface area contributed by atoms with Crippen molar-refractivity contribution >= 4 is 38.6 Å². The number of nitrogen functional groups attached to an aromatic ring is 1. The molecule has 4 N–H and O–H groups in total. The molecule has 0 fully saturated rings. The van der Waals surface area contributed by atoms with Crippen LogP contribution in [0.5, 0.6) is 0 Å². The number of rotatable bonds is 4. The Labute approximate surface area is 124 Å². The standard InChI is InChI=1S/C11H12ClN3O3S2/c1-6-9(13)2-7(12)3-10(6)20(17,18)14-4-8-5-19-11(16)15-8/h2-3,5,14H,4,13H2,1H3,(H,15,16). The van der Waals surface area contributed by atoms with Crippen LogP contribution in [0.1, 0.15) is 11.3 Å². The van der Waals surface area contributed by atoms with Crippen molar-refractivity contribution in [2.45, 2.75) is 18.4 Å². The highest BCUT2D eigenvalue weighted by Gasteiger charge is 2.19. The van der Waals surface area contributed by atoms with Crippen LogP contribution in [0.25, 0.3) is 0 Å². The summed E-state index contributed by atoms with van der Waals surface area (Å²) in [5.41, 5.74) is 6.94. The number of thiazole rings is 1. The van der Waals surface area contributed by atoms with E-state index < -0.39 is 10.0 Å². The van der Waals surface area contributed by atoms with E-state index in [1.54, 1.807) is 12.3 Å².